The van der Waals surface area contributed by atoms with E-state index < -0.39 is 33.4 Å². The summed E-state index contributed by atoms with van der Waals surface area (Å²) in [7, 11) is 3.54. The molecule has 2 heterocycles. The smallest absolute Gasteiger partial charge is 0.339 e. The Hall–Kier alpha value is -3.85. The van der Waals surface area contributed by atoms with Crippen LogP contribution in [0.25, 0.3) is 0 Å². The number of carbonyl (C=O) groups excluding carboxylic acids is 3. The van der Waals surface area contributed by atoms with Crippen molar-refractivity contribution in [2.24, 2.45) is 0 Å². The van der Waals surface area contributed by atoms with Crippen molar-refractivity contribution >= 4 is 52.6 Å². The normalized spacial score (nSPS) is 9.70. The number of halogens is 1. The molecule has 0 aliphatic rings. The fourth-order valence-electron chi connectivity index (χ4n) is 1.89. The Morgan fingerprint density at radius 3 is 1.85 bits per heavy atom. The van der Waals surface area contributed by atoms with Crippen molar-refractivity contribution in [3.05, 3.63) is 61.0 Å². The molecule has 0 fully saturated rings. The van der Waals surface area contributed by atoms with E-state index in [0.717, 1.165) is 43.4 Å². The number of thioether (sulfide) groups is 1. The van der Waals surface area contributed by atoms with Crippen LogP contribution in [0.5, 0.6) is 0 Å². The highest BCUT2D eigenvalue weighted by Gasteiger charge is 2.21. The molecule has 0 aliphatic carbocycles. The second-order valence-corrected chi connectivity index (χ2v) is 6.77. The fourth-order valence-corrected chi connectivity index (χ4v) is 2.85. The zero-order valence-electron chi connectivity index (χ0n) is 17.2. The predicted octanol–water partition coefficient (Wildman–Crippen LogP) is 2.47. The standard InChI is InChI=1S/C10H10N2O6S.C7H5ClN2O4/c1-17-8(13)5-19-9-7(12(15)16)3-6(4-11-9)10(14)18-2;1-14-7(11)4-2-5(10(12)13)6(8)9-3-4/h3-4H,5H2,1-2H3;2-3H,1H3. The highest BCUT2D eigenvalue weighted by molar-refractivity contribution is 8.00. The fraction of sp³-hybridized carbons (Fsp3) is 0.235. The van der Waals surface area contributed by atoms with Gasteiger partial charge in [0, 0.05) is 24.5 Å². The van der Waals surface area contributed by atoms with Crippen LogP contribution in [0.1, 0.15) is 20.7 Å². The number of rotatable bonds is 7. The molecule has 176 valence electrons. The zero-order chi connectivity index (χ0) is 25.1. The summed E-state index contributed by atoms with van der Waals surface area (Å²) in [5.74, 6) is -2.06. The summed E-state index contributed by atoms with van der Waals surface area (Å²) >= 11 is 6.29. The lowest BCUT2D eigenvalue weighted by atomic mass is 10.3. The van der Waals surface area contributed by atoms with Crippen molar-refractivity contribution in [2.75, 3.05) is 27.1 Å². The van der Waals surface area contributed by atoms with Gasteiger partial charge < -0.3 is 14.2 Å². The van der Waals surface area contributed by atoms with E-state index in [1.807, 2.05) is 0 Å². The van der Waals surface area contributed by atoms with Gasteiger partial charge in [0.25, 0.3) is 0 Å². The zero-order valence-corrected chi connectivity index (χ0v) is 18.7. The van der Waals surface area contributed by atoms with Gasteiger partial charge in [0.2, 0.25) is 5.15 Å². The van der Waals surface area contributed by atoms with E-state index in [1.165, 1.54) is 14.2 Å². The number of hydrogen-bond acceptors (Lipinski definition) is 13. The van der Waals surface area contributed by atoms with Crippen molar-refractivity contribution in [2.45, 2.75) is 5.03 Å². The maximum Gasteiger partial charge on any atom is 0.339 e. The van der Waals surface area contributed by atoms with Crippen LogP contribution in [-0.2, 0) is 19.0 Å². The Morgan fingerprint density at radius 1 is 0.909 bits per heavy atom. The lowest BCUT2D eigenvalue weighted by Gasteiger charge is -2.03. The van der Waals surface area contributed by atoms with Crippen molar-refractivity contribution in [1.82, 2.24) is 9.97 Å². The second kappa shape index (κ2) is 12.9. The summed E-state index contributed by atoms with van der Waals surface area (Å²) in [5, 5.41) is 21.1. The van der Waals surface area contributed by atoms with Crippen LogP contribution in [-0.4, -0.2) is 64.8 Å². The molecular weight excluding hydrogens is 488 g/mol. The van der Waals surface area contributed by atoms with Crippen molar-refractivity contribution < 1.29 is 38.4 Å². The molecule has 14 nitrogen and oxygen atoms in total. The average Bonchev–Trinajstić information content (AvgIpc) is 2.81. The predicted molar refractivity (Wildman–Crippen MR) is 112 cm³/mol. The van der Waals surface area contributed by atoms with E-state index >= 15 is 0 Å². The van der Waals surface area contributed by atoms with E-state index in [-0.39, 0.29) is 32.7 Å². The first kappa shape index (κ1) is 27.2. The van der Waals surface area contributed by atoms with Gasteiger partial charge in [-0.05, 0) is 0 Å². The maximum atomic E-state index is 11.2. The molecule has 2 aromatic rings. The molecule has 0 N–H and O–H groups in total. The Bertz CT molecular complexity index is 1080. The van der Waals surface area contributed by atoms with Gasteiger partial charge >= 0.3 is 29.3 Å². The second-order valence-electron chi connectivity index (χ2n) is 5.44. The average molecular weight is 503 g/mol. The maximum absolute atomic E-state index is 11.2. The first-order chi connectivity index (χ1) is 15.5. The van der Waals surface area contributed by atoms with Gasteiger partial charge in [0.05, 0.1) is 48.1 Å². The van der Waals surface area contributed by atoms with Gasteiger partial charge in [-0.1, -0.05) is 23.4 Å². The van der Waals surface area contributed by atoms with Gasteiger partial charge in [-0.25, -0.2) is 19.6 Å². The third kappa shape index (κ3) is 7.97. The van der Waals surface area contributed by atoms with E-state index in [4.69, 9.17) is 11.6 Å². The Kier molecular flexibility index (Phi) is 10.6. The summed E-state index contributed by atoms with van der Waals surface area (Å²) in [6, 6.07) is 2.07. The number of nitro groups is 2. The van der Waals surface area contributed by atoms with Crippen molar-refractivity contribution in [3.63, 3.8) is 0 Å². The number of esters is 3. The summed E-state index contributed by atoms with van der Waals surface area (Å²) in [5.41, 5.74) is -0.827. The lowest BCUT2D eigenvalue weighted by molar-refractivity contribution is -0.388. The van der Waals surface area contributed by atoms with Crippen LogP contribution >= 0.6 is 23.4 Å². The molecule has 0 bridgehead atoms. The first-order valence-corrected chi connectivity index (χ1v) is 9.72. The Morgan fingerprint density at radius 2 is 1.39 bits per heavy atom. The molecule has 0 atom stereocenters. The third-order valence-corrected chi connectivity index (χ3v) is 4.70. The minimum Gasteiger partial charge on any atom is -0.468 e. The lowest BCUT2D eigenvalue weighted by Crippen LogP contribution is -2.06. The minimum atomic E-state index is -0.722. The SMILES string of the molecule is COC(=O)CSc1ncc(C(=O)OC)cc1[N+](=O)[O-].COC(=O)c1cnc(Cl)c([N+](=O)[O-])c1. The molecule has 0 saturated carbocycles. The van der Waals surface area contributed by atoms with Gasteiger partial charge in [0.15, 0.2) is 5.03 Å². The van der Waals surface area contributed by atoms with Gasteiger partial charge in [-0.2, -0.15) is 0 Å². The van der Waals surface area contributed by atoms with Gasteiger partial charge in [0.1, 0.15) is 0 Å². The number of methoxy groups -OCH3 is 3. The van der Waals surface area contributed by atoms with Gasteiger partial charge in [-0.15, -0.1) is 0 Å². The highest BCUT2D eigenvalue weighted by Crippen LogP contribution is 2.28. The van der Waals surface area contributed by atoms with E-state index in [9.17, 15) is 34.6 Å². The number of pyridine rings is 2. The van der Waals surface area contributed by atoms with Crippen molar-refractivity contribution in [3.8, 4) is 0 Å². The molecule has 0 saturated heterocycles. The summed E-state index contributed by atoms with van der Waals surface area (Å²) in [4.78, 5) is 60.4. The van der Waals surface area contributed by atoms with E-state index in [1.54, 1.807) is 0 Å². The van der Waals surface area contributed by atoms with Gasteiger partial charge in [-0.3, -0.25) is 25.0 Å². The number of nitrogens with zero attached hydrogens (tertiary/aromatic N) is 4. The minimum absolute atomic E-state index is 0.0106. The molecule has 0 radical (unpaired) electrons. The largest absolute Gasteiger partial charge is 0.468 e. The third-order valence-electron chi connectivity index (χ3n) is 3.44. The topological polar surface area (TPSA) is 191 Å². The molecule has 0 spiro atoms. The van der Waals surface area contributed by atoms with Crippen molar-refractivity contribution in [1.29, 1.82) is 0 Å². The molecular formula is C17H15ClN4O10S. The molecule has 0 unspecified atom stereocenters. The Labute approximate surface area is 194 Å². The first-order valence-electron chi connectivity index (χ1n) is 8.36. The number of ether oxygens (including phenoxy) is 3. The summed E-state index contributed by atoms with van der Waals surface area (Å²) in [6.45, 7) is 0. The highest BCUT2D eigenvalue weighted by atomic mass is 35.5. The van der Waals surface area contributed by atoms with Crippen LogP contribution in [0.4, 0.5) is 11.4 Å². The van der Waals surface area contributed by atoms with Crippen LogP contribution in [0.3, 0.4) is 0 Å². The summed E-state index contributed by atoms with van der Waals surface area (Å²) < 4.78 is 13.2. The molecule has 0 aliphatic heterocycles. The van der Waals surface area contributed by atoms with Crippen LogP contribution in [0.15, 0.2) is 29.6 Å². The molecule has 2 aromatic heterocycles. The van der Waals surface area contributed by atoms with Crippen LogP contribution < -0.4 is 0 Å². The molecule has 2 rings (SSSR count). The Balaban J connectivity index is 0.000000346. The molecule has 0 aromatic carbocycles. The van der Waals surface area contributed by atoms with Crippen LogP contribution in [0.2, 0.25) is 5.15 Å². The number of hydrogen-bond donors (Lipinski definition) is 0. The van der Waals surface area contributed by atoms with E-state index in [2.05, 4.69) is 24.2 Å². The quantitative estimate of drug-likeness (QED) is 0.134. The molecule has 33 heavy (non-hydrogen) atoms. The monoisotopic (exact) mass is 502 g/mol. The number of carbonyl (C=O) groups is 3. The van der Waals surface area contributed by atoms with E-state index in [0.29, 0.717) is 0 Å². The van der Waals surface area contributed by atoms with Crippen LogP contribution in [0, 0.1) is 20.2 Å². The molecule has 0 amide bonds. The molecule has 16 heteroatoms. The number of aromatic nitrogens is 2. The summed E-state index contributed by atoms with van der Waals surface area (Å²) in [6.07, 6.45) is 2.26.